The van der Waals surface area contributed by atoms with Gasteiger partial charge in [0.25, 0.3) is 0 Å². The molecule has 4 aromatic rings. The molecule has 0 amide bonds. The third-order valence-electron chi connectivity index (χ3n) is 5.90. The molecule has 1 nitrogen and oxygen atoms in total. The predicted molar refractivity (Wildman–Crippen MR) is 105 cm³/mol. The van der Waals surface area contributed by atoms with Gasteiger partial charge in [-0.3, -0.25) is 4.98 Å². The number of rotatable bonds is 1. The van der Waals surface area contributed by atoms with E-state index in [4.69, 9.17) is 0 Å². The number of aromatic nitrogens is 1. The van der Waals surface area contributed by atoms with E-state index in [0.29, 0.717) is 0 Å². The van der Waals surface area contributed by atoms with Gasteiger partial charge in [-0.05, 0) is 69.5 Å². The molecular weight excluding hydrogens is 359 g/mol. The van der Waals surface area contributed by atoms with Gasteiger partial charge in [-0.25, -0.2) is 0 Å². The van der Waals surface area contributed by atoms with Crippen molar-refractivity contribution in [2.24, 2.45) is 0 Å². The van der Waals surface area contributed by atoms with Gasteiger partial charge in [-0.2, -0.15) is 13.2 Å². The maximum absolute atomic E-state index is 12.8. The normalized spacial score (nSPS) is 17.0. The molecule has 3 aromatic carbocycles. The Bertz CT molecular complexity index is 1180. The van der Waals surface area contributed by atoms with E-state index in [0.717, 1.165) is 30.9 Å². The molecule has 28 heavy (non-hydrogen) atoms. The van der Waals surface area contributed by atoms with E-state index in [9.17, 15) is 13.2 Å². The van der Waals surface area contributed by atoms with Gasteiger partial charge in [-0.15, -0.1) is 0 Å². The Hall–Kier alpha value is -2.88. The number of hydrogen-bond donors (Lipinski definition) is 0. The fourth-order valence-electron chi connectivity index (χ4n) is 4.45. The number of aryl methyl sites for hydroxylation is 1. The Kier molecular flexibility index (Phi) is 3.90. The number of benzene rings is 3. The molecule has 0 fully saturated rings. The zero-order valence-electron chi connectivity index (χ0n) is 15.1. The minimum atomic E-state index is -4.39. The first-order chi connectivity index (χ1) is 13.5. The molecule has 1 unspecified atom stereocenters. The summed E-state index contributed by atoms with van der Waals surface area (Å²) >= 11 is 0. The van der Waals surface area contributed by atoms with E-state index < -0.39 is 11.9 Å². The molecule has 0 saturated heterocycles. The van der Waals surface area contributed by atoms with Gasteiger partial charge in [0, 0.05) is 6.20 Å². The number of fused-ring (bicyclic) bond motifs is 5. The average molecular weight is 377 g/mol. The van der Waals surface area contributed by atoms with E-state index in [-0.39, 0.29) is 5.92 Å². The lowest BCUT2D eigenvalue weighted by Gasteiger charge is -2.26. The second-order valence-corrected chi connectivity index (χ2v) is 7.50. The summed E-state index contributed by atoms with van der Waals surface area (Å²) in [6.07, 6.45) is -0.297. The molecule has 0 spiro atoms. The SMILES string of the molecule is FC(F)(F)c1ccc(C2CCc3ccc4c(ccc5ccccc54)c3C2)cn1. The second-order valence-electron chi connectivity index (χ2n) is 7.50. The first-order valence-corrected chi connectivity index (χ1v) is 9.46. The van der Waals surface area contributed by atoms with E-state index in [1.807, 2.05) is 6.07 Å². The molecule has 5 rings (SSSR count). The van der Waals surface area contributed by atoms with E-state index in [1.54, 1.807) is 6.07 Å². The summed E-state index contributed by atoms with van der Waals surface area (Å²) in [5.41, 5.74) is 2.72. The molecule has 0 N–H and O–H groups in total. The minimum absolute atomic E-state index is 0.194. The Labute approximate surface area is 160 Å². The van der Waals surface area contributed by atoms with Crippen LogP contribution in [0.4, 0.5) is 13.2 Å². The lowest BCUT2D eigenvalue weighted by Crippen LogP contribution is -2.14. The van der Waals surface area contributed by atoms with Crippen molar-refractivity contribution >= 4 is 21.5 Å². The van der Waals surface area contributed by atoms with Crippen LogP contribution in [-0.2, 0) is 19.0 Å². The number of halogens is 3. The molecule has 140 valence electrons. The molecule has 0 saturated carbocycles. The van der Waals surface area contributed by atoms with E-state index in [2.05, 4.69) is 47.4 Å². The van der Waals surface area contributed by atoms with Crippen LogP contribution in [0.3, 0.4) is 0 Å². The molecule has 4 heteroatoms. The quantitative estimate of drug-likeness (QED) is 0.337. The van der Waals surface area contributed by atoms with Crippen molar-refractivity contribution in [2.45, 2.75) is 31.4 Å². The Morgan fingerprint density at radius 3 is 2.43 bits per heavy atom. The topological polar surface area (TPSA) is 12.9 Å². The number of hydrogen-bond acceptors (Lipinski definition) is 1. The molecule has 0 aliphatic heterocycles. The zero-order chi connectivity index (χ0) is 19.3. The summed E-state index contributed by atoms with van der Waals surface area (Å²) in [7, 11) is 0. The largest absolute Gasteiger partial charge is 0.433 e. The van der Waals surface area contributed by atoms with E-state index >= 15 is 0 Å². The zero-order valence-corrected chi connectivity index (χ0v) is 15.1. The molecule has 1 heterocycles. The van der Waals surface area contributed by atoms with Crippen molar-refractivity contribution in [1.29, 1.82) is 0 Å². The van der Waals surface area contributed by atoms with Crippen molar-refractivity contribution in [3.8, 4) is 0 Å². The highest BCUT2D eigenvalue weighted by atomic mass is 19.4. The molecule has 0 radical (unpaired) electrons. The summed E-state index contributed by atoms with van der Waals surface area (Å²) < 4.78 is 38.4. The van der Waals surface area contributed by atoms with Crippen molar-refractivity contribution in [1.82, 2.24) is 4.98 Å². The third kappa shape index (κ3) is 2.84. The van der Waals surface area contributed by atoms with Crippen LogP contribution in [0.2, 0.25) is 0 Å². The van der Waals surface area contributed by atoms with Crippen molar-refractivity contribution in [3.63, 3.8) is 0 Å². The number of nitrogens with zero attached hydrogens (tertiary/aromatic N) is 1. The summed E-state index contributed by atoms with van der Waals surface area (Å²) in [6, 6.07) is 19.8. The fraction of sp³-hybridized carbons (Fsp3) is 0.208. The maximum atomic E-state index is 12.8. The van der Waals surface area contributed by atoms with Crippen LogP contribution >= 0.6 is 0 Å². The standard InChI is InChI=1S/C24H18F3N/c25-24(26,27)23-12-9-18(14-28-23)17-6-5-16-8-10-20-19-4-2-1-3-15(19)7-11-21(20)22(16)13-17/h1-4,7-12,14,17H,5-6,13H2. The Balaban J connectivity index is 1.56. The molecule has 1 aliphatic rings. The van der Waals surface area contributed by atoms with Crippen LogP contribution in [-0.4, -0.2) is 4.98 Å². The van der Waals surface area contributed by atoms with Gasteiger partial charge in [0.2, 0.25) is 0 Å². The van der Waals surface area contributed by atoms with Crippen LogP contribution in [0.1, 0.15) is 34.7 Å². The van der Waals surface area contributed by atoms with Gasteiger partial charge in [0.15, 0.2) is 0 Å². The summed E-state index contributed by atoms with van der Waals surface area (Å²) in [4.78, 5) is 3.66. The van der Waals surface area contributed by atoms with Gasteiger partial charge in [-0.1, -0.05) is 54.6 Å². The lowest BCUT2D eigenvalue weighted by molar-refractivity contribution is -0.141. The van der Waals surface area contributed by atoms with Crippen molar-refractivity contribution in [2.75, 3.05) is 0 Å². The maximum Gasteiger partial charge on any atom is 0.433 e. The molecule has 1 atom stereocenters. The van der Waals surface area contributed by atoms with Gasteiger partial charge in [0.1, 0.15) is 5.69 Å². The predicted octanol–water partition coefficient (Wildman–Crippen LogP) is 6.68. The number of pyridine rings is 1. The summed E-state index contributed by atoms with van der Waals surface area (Å²) in [5, 5.41) is 4.94. The Morgan fingerprint density at radius 1 is 0.821 bits per heavy atom. The monoisotopic (exact) mass is 377 g/mol. The Morgan fingerprint density at radius 2 is 1.64 bits per heavy atom. The van der Waals surface area contributed by atoms with Crippen LogP contribution in [0, 0.1) is 0 Å². The fourth-order valence-corrected chi connectivity index (χ4v) is 4.45. The molecule has 1 aromatic heterocycles. The van der Waals surface area contributed by atoms with Crippen molar-refractivity contribution in [3.05, 3.63) is 89.2 Å². The smallest absolute Gasteiger partial charge is 0.251 e. The van der Waals surface area contributed by atoms with Gasteiger partial charge in [0.05, 0.1) is 0 Å². The lowest BCUT2D eigenvalue weighted by atomic mass is 9.78. The molecule has 0 bridgehead atoms. The average Bonchev–Trinajstić information content (AvgIpc) is 2.72. The highest BCUT2D eigenvalue weighted by Crippen LogP contribution is 2.38. The van der Waals surface area contributed by atoms with Gasteiger partial charge >= 0.3 is 6.18 Å². The second kappa shape index (κ2) is 6.33. The highest BCUT2D eigenvalue weighted by Gasteiger charge is 2.32. The first kappa shape index (κ1) is 17.2. The van der Waals surface area contributed by atoms with Crippen LogP contribution in [0.15, 0.2) is 66.9 Å². The van der Waals surface area contributed by atoms with Crippen LogP contribution in [0.5, 0.6) is 0 Å². The summed E-state index contributed by atoms with van der Waals surface area (Å²) in [6.45, 7) is 0. The molecule has 1 aliphatic carbocycles. The molecular formula is C24H18F3N. The van der Waals surface area contributed by atoms with Crippen LogP contribution < -0.4 is 0 Å². The van der Waals surface area contributed by atoms with Gasteiger partial charge < -0.3 is 0 Å². The van der Waals surface area contributed by atoms with E-state index in [1.165, 1.54) is 38.9 Å². The highest BCUT2D eigenvalue weighted by molar-refractivity contribution is 6.08. The first-order valence-electron chi connectivity index (χ1n) is 9.46. The third-order valence-corrected chi connectivity index (χ3v) is 5.90. The number of alkyl halides is 3. The van der Waals surface area contributed by atoms with Crippen LogP contribution in [0.25, 0.3) is 21.5 Å². The summed E-state index contributed by atoms with van der Waals surface area (Å²) in [5.74, 6) is 0.194. The minimum Gasteiger partial charge on any atom is -0.251 e. The van der Waals surface area contributed by atoms with Crippen molar-refractivity contribution < 1.29 is 13.2 Å².